The van der Waals surface area contributed by atoms with Crippen LogP contribution in [0.1, 0.15) is 0 Å². The van der Waals surface area contributed by atoms with Crippen molar-refractivity contribution in [2.24, 2.45) is 11.5 Å². The van der Waals surface area contributed by atoms with E-state index in [-0.39, 0.29) is 5.96 Å². The lowest BCUT2D eigenvalue weighted by Crippen LogP contribution is -2.20. The van der Waals surface area contributed by atoms with Gasteiger partial charge in [0, 0.05) is 0 Å². The molecule has 0 aliphatic carbocycles. The van der Waals surface area contributed by atoms with Gasteiger partial charge in [-0.15, -0.1) is 0 Å². The monoisotopic (exact) mass is 137 g/mol. The van der Waals surface area contributed by atoms with E-state index in [0.717, 1.165) is 0 Å². The lowest BCUT2D eigenvalue weighted by atomic mass is 10.4. The summed E-state index contributed by atoms with van der Waals surface area (Å²) in [6.07, 6.45) is 0. The Labute approximate surface area is 60.2 Å². The number of hydrogen-bond acceptors (Lipinski definition) is 1. The normalized spacial score (nSPS) is 7.20. The number of nitrogens with two attached hydrogens (primary N) is 2. The minimum absolute atomic E-state index is 0.333. The van der Waals surface area contributed by atoms with Gasteiger partial charge in [-0.05, 0) is 0 Å². The van der Waals surface area contributed by atoms with Crippen molar-refractivity contribution in [2.45, 2.75) is 0 Å². The van der Waals surface area contributed by atoms with Gasteiger partial charge in [-0.2, -0.15) is 0 Å². The molecule has 10 heavy (non-hydrogen) atoms. The van der Waals surface area contributed by atoms with Gasteiger partial charge in [0.2, 0.25) is 0 Å². The fourth-order valence-electron chi connectivity index (χ4n) is 0.385. The summed E-state index contributed by atoms with van der Waals surface area (Å²) < 4.78 is 0. The van der Waals surface area contributed by atoms with E-state index >= 15 is 0 Å². The maximum Gasteiger partial charge on any atom is 0.183 e. The molecule has 0 aromatic heterocycles. The van der Waals surface area contributed by atoms with E-state index in [9.17, 15) is 0 Å². The van der Waals surface area contributed by atoms with Gasteiger partial charge in [0.25, 0.3) is 0 Å². The number of hydrogen-bond donors (Lipinski definition) is 3. The summed E-state index contributed by atoms with van der Waals surface area (Å²) in [4.78, 5) is 0. The molecule has 0 radical (unpaired) electrons. The van der Waals surface area contributed by atoms with E-state index in [1.54, 1.807) is 0 Å². The summed E-state index contributed by atoms with van der Waals surface area (Å²) in [6, 6.07) is 12.0. The molecule has 3 heteroatoms. The van der Waals surface area contributed by atoms with Gasteiger partial charge in [-0.1, -0.05) is 36.4 Å². The first kappa shape index (κ1) is 8.49. The first-order valence-corrected chi connectivity index (χ1v) is 2.83. The highest BCUT2D eigenvalue weighted by molar-refractivity contribution is 5.71. The van der Waals surface area contributed by atoms with Crippen molar-refractivity contribution in [1.82, 2.24) is 0 Å². The van der Waals surface area contributed by atoms with Crippen LogP contribution < -0.4 is 11.5 Å². The van der Waals surface area contributed by atoms with Crippen molar-refractivity contribution in [1.29, 1.82) is 5.41 Å². The summed E-state index contributed by atoms with van der Waals surface area (Å²) >= 11 is 0. The van der Waals surface area contributed by atoms with Gasteiger partial charge >= 0.3 is 0 Å². The van der Waals surface area contributed by atoms with Gasteiger partial charge in [-0.25, -0.2) is 0 Å². The lowest BCUT2D eigenvalue weighted by Gasteiger charge is -1.69. The van der Waals surface area contributed by atoms with Crippen LogP contribution in [0, 0.1) is 5.41 Å². The van der Waals surface area contributed by atoms with Gasteiger partial charge in [-0.3, -0.25) is 5.41 Å². The van der Waals surface area contributed by atoms with Gasteiger partial charge in [0.05, 0.1) is 0 Å². The third kappa shape index (κ3) is 9.70. The second kappa shape index (κ2) is 5.62. The number of nitrogens with one attached hydrogen (secondary N) is 1. The zero-order chi connectivity index (χ0) is 7.82. The van der Waals surface area contributed by atoms with E-state index in [1.807, 2.05) is 36.4 Å². The molecule has 0 heterocycles. The van der Waals surface area contributed by atoms with Crippen molar-refractivity contribution in [3.05, 3.63) is 36.4 Å². The van der Waals surface area contributed by atoms with Gasteiger partial charge in [0.15, 0.2) is 5.96 Å². The van der Waals surface area contributed by atoms with Crippen LogP contribution in [-0.4, -0.2) is 5.96 Å². The molecule has 3 nitrogen and oxygen atoms in total. The second-order valence-electron chi connectivity index (χ2n) is 1.61. The van der Waals surface area contributed by atoms with E-state index in [1.165, 1.54) is 0 Å². The molecule has 1 aromatic carbocycles. The van der Waals surface area contributed by atoms with Gasteiger partial charge < -0.3 is 11.5 Å². The summed E-state index contributed by atoms with van der Waals surface area (Å²) in [5.41, 5.74) is 8.94. The molecule has 54 valence electrons. The Morgan fingerprint density at radius 3 is 1.00 bits per heavy atom. The molecule has 0 aliphatic rings. The molecule has 0 spiro atoms. The van der Waals surface area contributed by atoms with Crippen LogP contribution in [0.15, 0.2) is 36.4 Å². The predicted molar refractivity (Wildman–Crippen MR) is 42.5 cm³/mol. The highest BCUT2D eigenvalue weighted by Gasteiger charge is 1.57. The van der Waals surface area contributed by atoms with Crippen molar-refractivity contribution in [2.75, 3.05) is 0 Å². The molecule has 0 saturated carbocycles. The molecule has 0 fully saturated rings. The number of guanidine groups is 1. The highest BCUT2D eigenvalue weighted by Crippen LogP contribution is 1.79. The summed E-state index contributed by atoms with van der Waals surface area (Å²) in [5.74, 6) is -0.333. The summed E-state index contributed by atoms with van der Waals surface area (Å²) in [6.45, 7) is 0. The number of benzene rings is 1. The van der Waals surface area contributed by atoms with Crippen LogP contribution in [0.25, 0.3) is 0 Å². The minimum atomic E-state index is -0.333. The first-order chi connectivity index (χ1) is 4.73. The van der Waals surface area contributed by atoms with E-state index in [0.29, 0.717) is 0 Å². The minimum Gasteiger partial charge on any atom is -0.370 e. The second-order valence-corrected chi connectivity index (χ2v) is 1.61. The largest absolute Gasteiger partial charge is 0.370 e. The standard InChI is InChI=1S/C6H6.CH5N3/c1-2-4-6-5-3-1;2-1(3)4/h1-6H;(H5,2,3,4). The molecule has 0 unspecified atom stereocenters. The molecular formula is C7H11N3. The smallest absolute Gasteiger partial charge is 0.183 e. The molecule has 0 amide bonds. The topological polar surface area (TPSA) is 75.9 Å². The third-order valence-corrected chi connectivity index (χ3v) is 0.667. The zero-order valence-electron chi connectivity index (χ0n) is 5.62. The molecule has 1 aromatic rings. The summed E-state index contributed by atoms with van der Waals surface area (Å²) in [7, 11) is 0. The maximum atomic E-state index is 6.06. The van der Waals surface area contributed by atoms with Crippen LogP contribution in [0.4, 0.5) is 0 Å². The van der Waals surface area contributed by atoms with Crippen molar-refractivity contribution in [3.63, 3.8) is 0 Å². The molecule has 1 rings (SSSR count). The van der Waals surface area contributed by atoms with E-state index < -0.39 is 0 Å². The average Bonchev–Trinajstić information content (AvgIpc) is 1.90. The van der Waals surface area contributed by atoms with Gasteiger partial charge in [0.1, 0.15) is 0 Å². The predicted octanol–water partition coefficient (Wildman–Crippen LogP) is 0.525. The molecule has 0 saturated heterocycles. The molecule has 0 aliphatic heterocycles. The Kier molecular flexibility index (Phi) is 4.77. The Hall–Kier alpha value is -1.51. The molecule has 5 N–H and O–H groups in total. The number of rotatable bonds is 0. The first-order valence-electron chi connectivity index (χ1n) is 2.83. The van der Waals surface area contributed by atoms with Crippen LogP contribution in [0.2, 0.25) is 0 Å². The summed E-state index contributed by atoms with van der Waals surface area (Å²) in [5, 5.41) is 6.06. The Morgan fingerprint density at radius 2 is 0.900 bits per heavy atom. The highest BCUT2D eigenvalue weighted by atomic mass is 14.9. The Bertz CT molecular complexity index is 141. The fraction of sp³-hybridized carbons (Fsp3) is 0. The van der Waals surface area contributed by atoms with E-state index in [4.69, 9.17) is 5.41 Å². The van der Waals surface area contributed by atoms with E-state index in [2.05, 4.69) is 11.5 Å². The van der Waals surface area contributed by atoms with Crippen molar-refractivity contribution in [3.8, 4) is 0 Å². The lowest BCUT2D eigenvalue weighted by molar-refractivity contribution is 1.39. The van der Waals surface area contributed by atoms with Crippen molar-refractivity contribution < 1.29 is 0 Å². The Morgan fingerprint density at radius 1 is 0.800 bits per heavy atom. The maximum absolute atomic E-state index is 6.06. The van der Waals surface area contributed by atoms with Crippen LogP contribution >= 0.6 is 0 Å². The van der Waals surface area contributed by atoms with Crippen LogP contribution in [0.5, 0.6) is 0 Å². The van der Waals surface area contributed by atoms with Crippen molar-refractivity contribution >= 4 is 5.96 Å². The molecule has 0 bridgehead atoms. The zero-order valence-corrected chi connectivity index (χ0v) is 5.62. The average molecular weight is 137 g/mol. The third-order valence-electron chi connectivity index (χ3n) is 0.667. The molecular weight excluding hydrogens is 126 g/mol. The molecule has 0 atom stereocenters. The van der Waals surface area contributed by atoms with Crippen LogP contribution in [-0.2, 0) is 0 Å². The fourth-order valence-corrected chi connectivity index (χ4v) is 0.385. The van der Waals surface area contributed by atoms with Crippen LogP contribution in [0.3, 0.4) is 0 Å². The Balaban J connectivity index is 0.000000180. The quantitative estimate of drug-likeness (QED) is 0.360. The SMILES string of the molecule is N=C(N)N.c1ccccc1.